The molecular weight excluding hydrogens is 411 g/mol. The molecule has 2 fully saturated rings. The molecule has 2 aromatic heterocycles. The van der Waals surface area contributed by atoms with Gasteiger partial charge in [0.25, 0.3) is 0 Å². The van der Waals surface area contributed by atoms with E-state index in [9.17, 15) is 14.5 Å². The number of aliphatic hydroxyl groups is 1. The minimum atomic E-state index is -3.96. The highest BCUT2D eigenvalue weighted by molar-refractivity contribution is 7.51. The summed E-state index contributed by atoms with van der Waals surface area (Å²) in [5.74, 6) is -1.13. The zero-order valence-corrected chi connectivity index (χ0v) is 16.2. The van der Waals surface area contributed by atoms with Gasteiger partial charge in [-0.2, -0.15) is 9.97 Å². The van der Waals surface area contributed by atoms with E-state index in [4.69, 9.17) is 29.4 Å². The maximum absolute atomic E-state index is 12.7. The first-order valence-electron chi connectivity index (χ1n) is 8.53. The fourth-order valence-corrected chi connectivity index (χ4v) is 4.88. The van der Waals surface area contributed by atoms with Crippen molar-refractivity contribution in [2.45, 2.75) is 37.5 Å². The molecular formula is C14H19N6O8P. The average molecular weight is 430 g/mol. The number of nitrogens with two attached hydrogens (primary N) is 1. The number of imidazole rings is 1. The molecule has 0 amide bonds. The van der Waals surface area contributed by atoms with E-state index in [1.165, 1.54) is 24.9 Å². The topological polar surface area (TPSA) is 193 Å². The van der Waals surface area contributed by atoms with Crippen LogP contribution in [-0.4, -0.2) is 73.8 Å². The summed E-state index contributed by atoms with van der Waals surface area (Å²) in [4.78, 5) is 23.2. The van der Waals surface area contributed by atoms with Crippen LogP contribution in [0.3, 0.4) is 0 Å². The Morgan fingerprint density at radius 1 is 1.52 bits per heavy atom. The van der Waals surface area contributed by atoms with E-state index in [1.807, 2.05) is 0 Å². The van der Waals surface area contributed by atoms with Crippen LogP contribution in [0.1, 0.15) is 13.2 Å². The summed E-state index contributed by atoms with van der Waals surface area (Å²) < 4.78 is 35.7. The lowest BCUT2D eigenvalue weighted by Crippen LogP contribution is -2.43. The van der Waals surface area contributed by atoms with Crippen LogP contribution >= 0.6 is 7.75 Å². The summed E-state index contributed by atoms with van der Waals surface area (Å²) in [5, 5.41) is 22.1. The van der Waals surface area contributed by atoms with E-state index < -0.39 is 44.3 Å². The molecule has 15 heteroatoms. The van der Waals surface area contributed by atoms with E-state index in [0.717, 1.165) is 0 Å². The van der Waals surface area contributed by atoms with Gasteiger partial charge in [0, 0.05) is 0 Å². The van der Waals surface area contributed by atoms with E-state index in [1.54, 1.807) is 0 Å². The Balaban J connectivity index is 1.61. The van der Waals surface area contributed by atoms with Crippen LogP contribution in [-0.2, 0) is 23.1 Å². The largest absolute Gasteiger partial charge is 0.480 e. The van der Waals surface area contributed by atoms with Crippen molar-refractivity contribution in [1.29, 1.82) is 0 Å². The Hall–Kier alpha value is -2.35. The van der Waals surface area contributed by atoms with Gasteiger partial charge < -0.3 is 25.4 Å². The summed E-state index contributed by atoms with van der Waals surface area (Å²) >= 11 is 0. The average Bonchev–Trinajstić information content (AvgIpc) is 3.21. The Bertz CT molecular complexity index is 1000. The van der Waals surface area contributed by atoms with Crippen molar-refractivity contribution in [3.63, 3.8) is 0 Å². The molecule has 0 aliphatic carbocycles. The third-order valence-electron chi connectivity index (χ3n) is 4.58. The Morgan fingerprint density at radius 2 is 2.28 bits per heavy atom. The molecule has 2 aromatic rings. The van der Waals surface area contributed by atoms with E-state index >= 15 is 0 Å². The first-order valence-corrected chi connectivity index (χ1v) is 10.1. The van der Waals surface area contributed by atoms with Crippen LogP contribution in [0.5, 0.6) is 5.88 Å². The minimum absolute atomic E-state index is 0.0584. The second kappa shape index (κ2) is 7.16. The van der Waals surface area contributed by atoms with Crippen LogP contribution in [0, 0.1) is 0 Å². The fourth-order valence-electron chi connectivity index (χ4n) is 3.17. The molecule has 0 radical (unpaired) electrons. The lowest BCUT2D eigenvalue weighted by atomic mass is 10.1. The number of nitrogens with zero attached hydrogens (tertiary/aromatic N) is 4. The molecule has 4 heterocycles. The predicted molar refractivity (Wildman–Crippen MR) is 94.9 cm³/mol. The van der Waals surface area contributed by atoms with Crippen molar-refractivity contribution in [2.24, 2.45) is 0 Å². The number of nitrogens with one attached hydrogen (secondary N) is 1. The highest BCUT2D eigenvalue weighted by atomic mass is 31.2. The van der Waals surface area contributed by atoms with Gasteiger partial charge in [-0.25, -0.2) is 14.6 Å². The number of aliphatic hydroxyl groups excluding tert-OH is 1. The van der Waals surface area contributed by atoms with Gasteiger partial charge in [-0.05, 0) is 6.92 Å². The van der Waals surface area contributed by atoms with Gasteiger partial charge in [0.05, 0.1) is 20.0 Å². The predicted octanol–water partition coefficient (Wildman–Crippen LogP) is -0.738. The maximum atomic E-state index is 12.7. The highest BCUT2D eigenvalue weighted by Crippen LogP contribution is 2.53. The molecule has 5 N–H and O–H groups in total. The number of nitrogen functional groups attached to an aromatic ring is 1. The molecule has 0 spiro atoms. The Labute approximate surface area is 163 Å². The molecule has 0 aromatic carbocycles. The summed E-state index contributed by atoms with van der Waals surface area (Å²) in [6.45, 7) is 1.11. The van der Waals surface area contributed by atoms with E-state index in [-0.39, 0.29) is 24.1 Å². The monoisotopic (exact) mass is 430 g/mol. The first kappa shape index (κ1) is 19.9. The van der Waals surface area contributed by atoms with Gasteiger partial charge in [0.15, 0.2) is 17.4 Å². The molecule has 4 rings (SSSR count). The zero-order chi connectivity index (χ0) is 20.9. The summed E-state index contributed by atoms with van der Waals surface area (Å²) in [5.41, 5.74) is 6.28. The summed E-state index contributed by atoms with van der Waals surface area (Å²) in [7, 11) is -2.56. The van der Waals surface area contributed by atoms with Crippen molar-refractivity contribution >= 4 is 30.8 Å². The van der Waals surface area contributed by atoms with Crippen molar-refractivity contribution < 1.29 is 38.1 Å². The zero-order valence-electron chi connectivity index (χ0n) is 15.3. The van der Waals surface area contributed by atoms with Gasteiger partial charge in [-0.3, -0.25) is 18.4 Å². The molecule has 0 saturated carbocycles. The van der Waals surface area contributed by atoms with E-state index in [0.29, 0.717) is 5.52 Å². The lowest BCUT2D eigenvalue weighted by Gasteiger charge is -2.32. The molecule has 0 bridgehead atoms. The Morgan fingerprint density at radius 3 is 2.97 bits per heavy atom. The number of aromatic nitrogens is 4. The number of carboxylic acid groups (broad SMARTS) is 1. The number of hydrogen-bond acceptors (Lipinski definition) is 11. The van der Waals surface area contributed by atoms with E-state index in [2.05, 4.69) is 20.0 Å². The second-order valence-electron chi connectivity index (χ2n) is 6.52. The molecule has 6 atom stereocenters. The number of hydrogen-bond donors (Lipinski definition) is 4. The van der Waals surface area contributed by atoms with Gasteiger partial charge in [-0.1, -0.05) is 0 Å². The number of fused-ring (bicyclic) bond motifs is 2. The summed E-state index contributed by atoms with van der Waals surface area (Å²) in [6, 6.07) is -1.18. The van der Waals surface area contributed by atoms with Crippen molar-refractivity contribution in [3.05, 3.63) is 6.33 Å². The van der Waals surface area contributed by atoms with Crippen LogP contribution in [0.4, 0.5) is 5.95 Å². The number of anilines is 1. The number of rotatable bonds is 5. The van der Waals surface area contributed by atoms with Gasteiger partial charge in [0.1, 0.15) is 24.4 Å². The number of carboxylic acids is 1. The van der Waals surface area contributed by atoms with Crippen LogP contribution in [0.2, 0.25) is 0 Å². The van der Waals surface area contributed by atoms with Crippen molar-refractivity contribution in [1.82, 2.24) is 24.6 Å². The van der Waals surface area contributed by atoms with Crippen molar-refractivity contribution in [3.8, 4) is 5.88 Å². The highest BCUT2D eigenvalue weighted by Gasteiger charge is 2.53. The fraction of sp³-hybridized carbons (Fsp3) is 0.571. The van der Waals surface area contributed by atoms with Crippen molar-refractivity contribution in [2.75, 3.05) is 19.5 Å². The third kappa shape index (κ3) is 3.43. The number of ether oxygens (including phenoxy) is 2. The maximum Gasteiger partial charge on any atom is 0.406 e. The minimum Gasteiger partial charge on any atom is -0.480 e. The van der Waals surface area contributed by atoms with Gasteiger partial charge in [0.2, 0.25) is 11.8 Å². The van der Waals surface area contributed by atoms with Gasteiger partial charge >= 0.3 is 13.7 Å². The standard InChI is InChI=1S/C14H19N6O8P/c1-5(13(22)23)19-29(24)26-3-6-9(28-29)8(21)12(27-6)20-4-16-7-10(20)17-14(15)18-11(7)25-2/h4-6,8-9,12,21H,3H2,1-2H3,(H,19,24)(H,22,23)(H2,15,17,18)/t5-,6+,8-,9+,12+,29?/m0/s1. The van der Waals surface area contributed by atoms with Gasteiger partial charge in [-0.15, -0.1) is 0 Å². The molecule has 1 unspecified atom stereocenters. The van der Waals surface area contributed by atoms with Crippen LogP contribution < -0.4 is 15.6 Å². The second-order valence-corrected chi connectivity index (χ2v) is 8.25. The molecule has 2 aliphatic heterocycles. The third-order valence-corrected chi connectivity index (χ3v) is 6.29. The SMILES string of the molecule is COc1nc(N)nc2c1ncn2[C@@H]1O[C@@H]2COP(=O)(N[C@@H](C)C(=O)O)O[C@H]2[C@@H]1O. The molecule has 158 valence electrons. The molecule has 14 nitrogen and oxygen atoms in total. The molecule has 29 heavy (non-hydrogen) atoms. The summed E-state index contributed by atoms with van der Waals surface area (Å²) in [6.07, 6.45) is -2.69. The molecule has 2 saturated heterocycles. The van der Waals surface area contributed by atoms with Crippen LogP contribution in [0.25, 0.3) is 11.2 Å². The van der Waals surface area contributed by atoms with Crippen LogP contribution in [0.15, 0.2) is 6.33 Å². The Kier molecular flexibility index (Phi) is 4.93. The number of carbonyl (C=O) groups is 1. The quantitative estimate of drug-likeness (QED) is 0.434. The lowest BCUT2D eigenvalue weighted by molar-refractivity contribution is -0.138. The first-order chi connectivity index (χ1) is 13.7. The molecule has 2 aliphatic rings. The number of aliphatic carboxylic acids is 1. The number of methoxy groups -OCH3 is 1. The smallest absolute Gasteiger partial charge is 0.406 e. The normalized spacial score (nSPS) is 32.8.